The molecule has 1 aliphatic heterocycles. The third kappa shape index (κ3) is 4.21. The highest BCUT2D eigenvalue weighted by Crippen LogP contribution is 2.18. The van der Waals surface area contributed by atoms with Crippen LogP contribution in [0.3, 0.4) is 0 Å². The highest BCUT2D eigenvalue weighted by molar-refractivity contribution is 5.27. The van der Waals surface area contributed by atoms with Gasteiger partial charge in [-0.05, 0) is 51.0 Å². The van der Waals surface area contributed by atoms with E-state index >= 15 is 0 Å². The average Bonchev–Trinajstić information content (AvgIpc) is 3.20. The van der Waals surface area contributed by atoms with Crippen LogP contribution in [0.15, 0.2) is 36.7 Å². The Balaban J connectivity index is 1.64. The fraction of sp³-hybridized carbons (Fsp3) is 0.526. The van der Waals surface area contributed by atoms with E-state index in [1.807, 2.05) is 6.20 Å². The second-order valence-electron chi connectivity index (χ2n) is 6.55. The smallest absolute Gasteiger partial charge is 0.122 e. The highest BCUT2D eigenvalue weighted by Gasteiger charge is 2.14. The van der Waals surface area contributed by atoms with Crippen LogP contribution in [0.1, 0.15) is 36.7 Å². The predicted octanol–water partition coefficient (Wildman–Crippen LogP) is 3.13. The Bertz CT molecular complexity index is 613. The van der Waals surface area contributed by atoms with Crippen molar-refractivity contribution in [3.63, 3.8) is 0 Å². The van der Waals surface area contributed by atoms with Gasteiger partial charge in [-0.3, -0.25) is 9.80 Å². The number of rotatable bonds is 7. The third-order valence-electron chi connectivity index (χ3n) is 4.71. The Labute approximate surface area is 139 Å². The van der Waals surface area contributed by atoms with E-state index in [0.29, 0.717) is 0 Å². The Kier molecular flexibility index (Phi) is 5.47. The van der Waals surface area contributed by atoms with Gasteiger partial charge in [-0.25, -0.2) is 4.98 Å². The van der Waals surface area contributed by atoms with Gasteiger partial charge in [-0.2, -0.15) is 0 Å². The van der Waals surface area contributed by atoms with Gasteiger partial charge in [0.1, 0.15) is 5.82 Å². The minimum atomic E-state index is 0.888. The predicted molar refractivity (Wildman–Crippen MR) is 94.0 cm³/mol. The Hall–Kier alpha value is -1.65. The van der Waals surface area contributed by atoms with Gasteiger partial charge in [0.15, 0.2) is 0 Å². The molecule has 0 amide bonds. The van der Waals surface area contributed by atoms with Crippen LogP contribution in [0.5, 0.6) is 0 Å². The quantitative estimate of drug-likeness (QED) is 0.785. The van der Waals surface area contributed by atoms with Gasteiger partial charge in [-0.1, -0.05) is 24.3 Å². The summed E-state index contributed by atoms with van der Waals surface area (Å²) in [5, 5.41) is 0. The molecular formula is C19H28N4. The Morgan fingerprint density at radius 3 is 2.57 bits per heavy atom. The molecule has 2 heterocycles. The van der Waals surface area contributed by atoms with Crippen molar-refractivity contribution in [1.82, 2.24) is 19.4 Å². The number of aryl methyl sites for hydroxylation is 1. The van der Waals surface area contributed by atoms with Gasteiger partial charge in [-0.15, -0.1) is 0 Å². The van der Waals surface area contributed by atoms with Crippen molar-refractivity contribution in [3.8, 4) is 0 Å². The molecule has 4 heteroatoms. The van der Waals surface area contributed by atoms with Crippen molar-refractivity contribution in [2.75, 3.05) is 20.1 Å². The zero-order chi connectivity index (χ0) is 16.1. The van der Waals surface area contributed by atoms with Gasteiger partial charge >= 0.3 is 0 Å². The molecule has 0 unspecified atom stereocenters. The van der Waals surface area contributed by atoms with E-state index < -0.39 is 0 Å². The van der Waals surface area contributed by atoms with E-state index in [1.54, 1.807) is 0 Å². The van der Waals surface area contributed by atoms with Crippen LogP contribution >= 0.6 is 0 Å². The lowest BCUT2D eigenvalue weighted by Gasteiger charge is -2.21. The summed E-state index contributed by atoms with van der Waals surface area (Å²) in [6.45, 7) is 8.59. The maximum Gasteiger partial charge on any atom is 0.122 e. The van der Waals surface area contributed by atoms with Gasteiger partial charge in [0.05, 0.1) is 6.54 Å². The monoisotopic (exact) mass is 312 g/mol. The van der Waals surface area contributed by atoms with Gasteiger partial charge in [0.2, 0.25) is 0 Å². The molecule has 1 aromatic heterocycles. The lowest BCUT2D eigenvalue weighted by molar-refractivity contribution is 0.297. The summed E-state index contributed by atoms with van der Waals surface area (Å²) < 4.78 is 2.21. The zero-order valence-corrected chi connectivity index (χ0v) is 14.4. The molecule has 0 spiro atoms. The summed E-state index contributed by atoms with van der Waals surface area (Å²) in [4.78, 5) is 9.42. The summed E-state index contributed by atoms with van der Waals surface area (Å²) in [6.07, 6.45) is 6.65. The first-order valence-electron chi connectivity index (χ1n) is 8.74. The van der Waals surface area contributed by atoms with Crippen molar-refractivity contribution < 1.29 is 0 Å². The molecule has 0 bridgehead atoms. The van der Waals surface area contributed by atoms with Crippen LogP contribution in [0.2, 0.25) is 0 Å². The molecule has 23 heavy (non-hydrogen) atoms. The molecule has 124 valence electrons. The normalized spacial score (nSPS) is 15.6. The van der Waals surface area contributed by atoms with E-state index in [4.69, 9.17) is 0 Å². The van der Waals surface area contributed by atoms with Crippen molar-refractivity contribution >= 4 is 0 Å². The fourth-order valence-corrected chi connectivity index (χ4v) is 3.42. The van der Waals surface area contributed by atoms with Crippen molar-refractivity contribution in [3.05, 3.63) is 53.6 Å². The molecule has 0 radical (unpaired) electrons. The Morgan fingerprint density at radius 2 is 1.83 bits per heavy atom. The summed E-state index contributed by atoms with van der Waals surface area (Å²) in [6, 6.07) is 8.88. The maximum absolute atomic E-state index is 4.49. The first-order chi connectivity index (χ1) is 11.3. The minimum absolute atomic E-state index is 0.888. The molecule has 2 aromatic rings. The SMILES string of the molecule is CCn1ccnc1CN(C)Cc1ccccc1CN1CCCC1. The van der Waals surface area contributed by atoms with E-state index in [1.165, 1.54) is 37.1 Å². The molecule has 1 aromatic carbocycles. The molecule has 1 saturated heterocycles. The number of nitrogens with zero attached hydrogens (tertiary/aromatic N) is 4. The number of likely N-dealkylation sites (tertiary alicyclic amines) is 1. The second kappa shape index (κ2) is 7.75. The second-order valence-corrected chi connectivity index (χ2v) is 6.55. The molecule has 3 rings (SSSR count). The van der Waals surface area contributed by atoms with Crippen LogP contribution in [0.4, 0.5) is 0 Å². The zero-order valence-electron chi connectivity index (χ0n) is 14.4. The van der Waals surface area contributed by atoms with Crippen LogP contribution in [-0.2, 0) is 26.2 Å². The molecule has 0 N–H and O–H groups in total. The maximum atomic E-state index is 4.49. The van der Waals surface area contributed by atoms with E-state index in [9.17, 15) is 0 Å². The van der Waals surface area contributed by atoms with E-state index in [-0.39, 0.29) is 0 Å². The summed E-state index contributed by atoms with van der Waals surface area (Å²) in [7, 11) is 2.18. The number of hydrogen-bond donors (Lipinski definition) is 0. The number of imidazole rings is 1. The first kappa shape index (κ1) is 16.2. The van der Waals surface area contributed by atoms with E-state index in [2.05, 4.69) is 63.8 Å². The number of aromatic nitrogens is 2. The molecule has 0 atom stereocenters. The number of hydrogen-bond acceptors (Lipinski definition) is 3. The average molecular weight is 312 g/mol. The fourth-order valence-electron chi connectivity index (χ4n) is 3.42. The largest absolute Gasteiger partial charge is 0.334 e. The lowest BCUT2D eigenvalue weighted by Crippen LogP contribution is -2.23. The minimum Gasteiger partial charge on any atom is -0.334 e. The van der Waals surface area contributed by atoms with Crippen molar-refractivity contribution in [2.24, 2.45) is 0 Å². The lowest BCUT2D eigenvalue weighted by atomic mass is 10.1. The highest BCUT2D eigenvalue weighted by atomic mass is 15.2. The molecule has 1 aliphatic rings. The van der Waals surface area contributed by atoms with E-state index in [0.717, 1.165) is 32.0 Å². The molecule has 0 saturated carbocycles. The van der Waals surface area contributed by atoms with Crippen molar-refractivity contribution in [2.45, 2.75) is 45.9 Å². The van der Waals surface area contributed by atoms with Gasteiger partial charge in [0.25, 0.3) is 0 Å². The third-order valence-corrected chi connectivity index (χ3v) is 4.71. The molecular weight excluding hydrogens is 284 g/mol. The van der Waals surface area contributed by atoms with Gasteiger partial charge < -0.3 is 4.57 Å². The molecule has 1 fully saturated rings. The summed E-state index contributed by atoms with van der Waals surface area (Å²) in [5.74, 6) is 1.15. The number of benzene rings is 1. The standard InChI is InChI=1S/C19H28N4/c1-3-23-13-10-20-19(23)16-21(2)14-17-8-4-5-9-18(17)15-22-11-6-7-12-22/h4-5,8-10,13H,3,6-7,11-12,14-16H2,1-2H3. The summed E-state index contributed by atoms with van der Waals surface area (Å²) in [5.41, 5.74) is 2.91. The van der Waals surface area contributed by atoms with Crippen LogP contribution in [0, 0.1) is 0 Å². The van der Waals surface area contributed by atoms with Crippen molar-refractivity contribution in [1.29, 1.82) is 0 Å². The first-order valence-corrected chi connectivity index (χ1v) is 8.74. The van der Waals surface area contributed by atoms with Crippen LogP contribution in [0.25, 0.3) is 0 Å². The van der Waals surface area contributed by atoms with Crippen LogP contribution in [-0.4, -0.2) is 39.5 Å². The van der Waals surface area contributed by atoms with Gasteiger partial charge in [0, 0.05) is 32.0 Å². The summed E-state index contributed by atoms with van der Waals surface area (Å²) >= 11 is 0. The molecule has 0 aliphatic carbocycles. The Morgan fingerprint density at radius 1 is 1.09 bits per heavy atom. The molecule has 4 nitrogen and oxygen atoms in total. The topological polar surface area (TPSA) is 24.3 Å². The van der Waals surface area contributed by atoms with Crippen LogP contribution < -0.4 is 0 Å².